The molecule has 3 aromatic carbocycles. The zero-order valence-corrected chi connectivity index (χ0v) is 19.9. The number of aromatic nitrogens is 2. The average Bonchev–Trinajstić information content (AvgIpc) is 3.43. The number of para-hydroxylation sites is 1. The maximum atomic E-state index is 12.6. The fourth-order valence-electron chi connectivity index (χ4n) is 4.09. The summed E-state index contributed by atoms with van der Waals surface area (Å²) in [6.45, 7) is 0.948. The van der Waals surface area contributed by atoms with Crippen LogP contribution in [0.25, 0.3) is 11.0 Å². The zero-order valence-electron chi connectivity index (χ0n) is 18.3. The number of benzene rings is 3. The van der Waals surface area contributed by atoms with Gasteiger partial charge in [0.1, 0.15) is 0 Å². The molecule has 1 aliphatic heterocycles. The van der Waals surface area contributed by atoms with Gasteiger partial charge in [-0.1, -0.05) is 71.9 Å². The second-order valence-electron chi connectivity index (χ2n) is 7.97. The number of anilines is 1. The van der Waals surface area contributed by atoms with Crippen molar-refractivity contribution >= 4 is 52.0 Å². The average molecular weight is 492 g/mol. The van der Waals surface area contributed by atoms with E-state index in [1.807, 2.05) is 72.8 Å². The first-order valence-corrected chi connectivity index (χ1v) is 12.3. The highest BCUT2D eigenvalue weighted by atomic mass is 35.5. The van der Waals surface area contributed by atoms with Crippen molar-refractivity contribution in [1.29, 1.82) is 0 Å². The van der Waals surface area contributed by atoms with Gasteiger partial charge in [0.05, 0.1) is 23.3 Å². The number of esters is 1. The van der Waals surface area contributed by atoms with Crippen molar-refractivity contribution in [3.05, 3.63) is 88.9 Å². The Labute approximate surface area is 206 Å². The van der Waals surface area contributed by atoms with Gasteiger partial charge in [-0.05, 0) is 41.8 Å². The highest BCUT2D eigenvalue weighted by Crippen LogP contribution is 2.29. The van der Waals surface area contributed by atoms with Crippen molar-refractivity contribution in [2.75, 3.05) is 23.8 Å². The molecule has 1 aromatic heterocycles. The van der Waals surface area contributed by atoms with E-state index in [0.29, 0.717) is 23.3 Å². The molecule has 0 bridgehead atoms. The number of nitrogens with zero attached hydrogens (tertiary/aromatic N) is 3. The summed E-state index contributed by atoms with van der Waals surface area (Å²) in [4.78, 5) is 31.4. The molecule has 0 fully saturated rings. The first-order chi connectivity index (χ1) is 16.6. The van der Waals surface area contributed by atoms with Gasteiger partial charge in [-0.25, -0.2) is 4.98 Å². The number of hydrogen-bond acceptors (Lipinski definition) is 5. The molecule has 1 amide bonds. The van der Waals surface area contributed by atoms with Gasteiger partial charge < -0.3 is 14.2 Å². The lowest BCUT2D eigenvalue weighted by Crippen LogP contribution is -2.33. The molecule has 0 radical (unpaired) electrons. The number of ether oxygens (including phenoxy) is 1. The van der Waals surface area contributed by atoms with Crippen molar-refractivity contribution in [3.8, 4) is 0 Å². The van der Waals surface area contributed by atoms with Crippen molar-refractivity contribution < 1.29 is 14.3 Å². The summed E-state index contributed by atoms with van der Waals surface area (Å²) in [5.74, 6) is -0.619. The Morgan fingerprint density at radius 3 is 2.68 bits per heavy atom. The van der Waals surface area contributed by atoms with Crippen molar-refractivity contribution in [2.45, 2.75) is 18.1 Å². The van der Waals surface area contributed by atoms with Crippen LogP contribution in [-0.2, 0) is 27.3 Å². The smallest absolute Gasteiger partial charge is 0.316 e. The molecule has 0 atom stereocenters. The number of halogens is 1. The van der Waals surface area contributed by atoms with Gasteiger partial charge in [0.2, 0.25) is 0 Å². The third kappa shape index (κ3) is 4.81. The van der Waals surface area contributed by atoms with Gasteiger partial charge in [0.15, 0.2) is 11.8 Å². The van der Waals surface area contributed by atoms with Crippen LogP contribution in [0.2, 0.25) is 5.02 Å². The summed E-state index contributed by atoms with van der Waals surface area (Å²) in [5.41, 5.74) is 4.85. The summed E-state index contributed by atoms with van der Waals surface area (Å²) >= 11 is 7.45. The minimum absolute atomic E-state index is 0.0513. The number of rotatable bonds is 7. The largest absolute Gasteiger partial charge is 0.455 e. The second kappa shape index (κ2) is 9.91. The van der Waals surface area contributed by atoms with Gasteiger partial charge in [0, 0.05) is 17.3 Å². The molecule has 172 valence electrons. The number of hydrogen-bond donors (Lipinski definition) is 0. The lowest BCUT2D eigenvalue weighted by molar-refractivity contribution is -0.145. The van der Waals surface area contributed by atoms with Crippen LogP contribution in [0.5, 0.6) is 0 Å². The third-order valence-electron chi connectivity index (χ3n) is 5.72. The molecule has 0 saturated heterocycles. The van der Waals surface area contributed by atoms with E-state index in [9.17, 15) is 9.59 Å². The van der Waals surface area contributed by atoms with E-state index in [1.165, 1.54) is 11.8 Å². The molecule has 0 unspecified atom stereocenters. The van der Waals surface area contributed by atoms with E-state index >= 15 is 0 Å². The van der Waals surface area contributed by atoms with Gasteiger partial charge in [-0.2, -0.15) is 0 Å². The molecule has 0 N–H and O–H groups in total. The molecular formula is C26H22ClN3O3S. The van der Waals surface area contributed by atoms with E-state index in [4.69, 9.17) is 16.3 Å². The van der Waals surface area contributed by atoms with Crippen LogP contribution in [0.15, 0.2) is 78.0 Å². The lowest BCUT2D eigenvalue weighted by Gasteiger charge is -2.17. The lowest BCUT2D eigenvalue weighted by atomic mass is 10.2. The first-order valence-electron chi connectivity index (χ1n) is 10.9. The molecule has 1 aliphatic rings. The molecule has 8 heteroatoms. The monoisotopic (exact) mass is 491 g/mol. The maximum Gasteiger partial charge on any atom is 0.316 e. The van der Waals surface area contributed by atoms with Gasteiger partial charge in [-0.15, -0.1) is 0 Å². The fourth-order valence-corrected chi connectivity index (χ4v) is 5.07. The number of carbonyl (C=O) groups is 2. The molecule has 0 aliphatic carbocycles. The number of carbonyl (C=O) groups excluding carboxylic acids is 2. The van der Waals surface area contributed by atoms with E-state index in [1.54, 1.807) is 4.90 Å². The molecule has 34 heavy (non-hydrogen) atoms. The maximum absolute atomic E-state index is 12.6. The van der Waals surface area contributed by atoms with E-state index in [-0.39, 0.29) is 18.3 Å². The topological polar surface area (TPSA) is 64.4 Å². The van der Waals surface area contributed by atoms with Crippen LogP contribution < -0.4 is 4.90 Å². The Balaban J connectivity index is 1.24. The number of amides is 1. The Kier molecular flexibility index (Phi) is 6.56. The van der Waals surface area contributed by atoms with Crippen molar-refractivity contribution in [3.63, 3.8) is 0 Å². The summed E-state index contributed by atoms with van der Waals surface area (Å²) < 4.78 is 7.36. The highest BCUT2D eigenvalue weighted by Gasteiger charge is 2.25. The summed E-state index contributed by atoms with van der Waals surface area (Å²) in [6, 6.07) is 23.4. The minimum Gasteiger partial charge on any atom is -0.455 e. The summed E-state index contributed by atoms with van der Waals surface area (Å²) in [7, 11) is 0. The number of imidazole rings is 1. The van der Waals surface area contributed by atoms with Crippen LogP contribution in [0.1, 0.15) is 11.1 Å². The molecule has 2 heterocycles. The molecule has 0 saturated carbocycles. The zero-order chi connectivity index (χ0) is 23.5. The predicted molar refractivity (Wildman–Crippen MR) is 134 cm³/mol. The summed E-state index contributed by atoms with van der Waals surface area (Å²) in [5, 5.41) is 1.30. The Morgan fingerprint density at radius 2 is 1.82 bits per heavy atom. The van der Waals surface area contributed by atoms with Gasteiger partial charge >= 0.3 is 5.97 Å². The van der Waals surface area contributed by atoms with Crippen molar-refractivity contribution in [1.82, 2.24) is 9.55 Å². The number of thioether (sulfide) groups is 1. The first kappa shape index (κ1) is 22.5. The molecule has 6 nitrogen and oxygen atoms in total. The summed E-state index contributed by atoms with van der Waals surface area (Å²) in [6.07, 6.45) is 0.813. The molecule has 4 aromatic rings. The SMILES string of the molecule is O=C(CSc1nc2cc(Cl)ccc2n1Cc1ccccc1)OCC(=O)N1CCc2ccccc21. The van der Waals surface area contributed by atoms with Gasteiger partial charge in [-0.3, -0.25) is 9.59 Å². The van der Waals surface area contributed by atoms with Crippen LogP contribution in [0, 0.1) is 0 Å². The molecule has 5 rings (SSSR count). The van der Waals surface area contributed by atoms with Gasteiger partial charge in [0.25, 0.3) is 5.91 Å². The molecule has 0 spiro atoms. The van der Waals surface area contributed by atoms with E-state index < -0.39 is 5.97 Å². The Morgan fingerprint density at radius 1 is 1.03 bits per heavy atom. The number of fused-ring (bicyclic) bond motifs is 2. The van der Waals surface area contributed by atoms with E-state index in [2.05, 4.69) is 9.55 Å². The quantitative estimate of drug-likeness (QED) is 0.270. The second-order valence-corrected chi connectivity index (χ2v) is 9.35. The molecular weight excluding hydrogens is 470 g/mol. The van der Waals surface area contributed by atoms with Crippen molar-refractivity contribution in [2.24, 2.45) is 0 Å². The standard InChI is InChI=1S/C26H22ClN3O3S/c27-20-10-11-23-21(14-20)28-26(30(23)15-18-6-2-1-3-7-18)34-17-25(32)33-16-24(31)29-13-12-19-8-4-5-9-22(19)29/h1-11,14H,12-13,15-17H2. The van der Waals surface area contributed by atoms with E-state index in [0.717, 1.165) is 34.3 Å². The third-order valence-corrected chi connectivity index (χ3v) is 6.91. The Bertz CT molecular complexity index is 1360. The Hall–Kier alpha value is -3.29. The predicted octanol–water partition coefficient (Wildman–Crippen LogP) is 4.96. The minimum atomic E-state index is -0.456. The van der Waals surface area contributed by atoms with Crippen LogP contribution in [0.3, 0.4) is 0 Å². The normalized spacial score (nSPS) is 12.7. The van der Waals surface area contributed by atoms with Crippen LogP contribution in [0.4, 0.5) is 5.69 Å². The van der Waals surface area contributed by atoms with Crippen LogP contribution in [-0.4, -0.2) is 40.3 Å². The van der Waals surface area contributed by atoms with Crippen LogP contribution >= 0.6 is 23.4 Å². The fraction of sp³-hybridized carbons (Fsp3) is 0.192. The highest BCUT2D eigenvalue weighted by molar-refractivity contribution is 7.99.